The molecule has 2 heterocycles. The van der Waals surface area contributed by atoms with Gasteiger partial charge in [-0.2, -0.15) is 0 Å². The third kappa shape index (κ3) is 4.06. The second kappa shape index (κ2) is 7.23. The number of hydrogen-bond acceptors (Lipinski definition) is 4. The fraction of sp³-hybridized carbons (Fsp3) is 0.733. The van der Waals surface area contributed by atoms with Crippen LogP contribution in [-0.4, -0.2) is 41.0 Å². The van der Waals surface area contributed by atoms with Gasteiger partial charge in [-0.25, -0.2) is 9.97 Å². The summed E-state index contributed by atoms with van der Waals surface area (Å²) in [6, 6.07) is 0. The van der Waals surface area contributed by atoms with Crippen LogP contribution in [0.1, 0.15) is 45.1 Å². The number of halogens is 1. The zero-order valence-electron chi connectivity index (χ0n) is 12.7. The third-order valence-electron chi connectivity index (χ3n) is 3.80. The summed E-state index contributed by atoms with van der Waals surface area (Å²) in [5.74, 6) is 1.80. The first kappa shape index (κ1) is 15.5. The predicted octanol–water partition coefficient (Wildman–Crippen LogP) is 3.40. The molecular weight excluding hydrogens is 272 g/mol. The van der Waals surface area contributed by atoms with Crippen molar-refractivity contribution in [1.29, 1.82) is 0 Å². The molecule has 1 aromatic heterocycles. The van der Waals surface area contributed by atoms with E-state index < -0.39 is 0 Å². The molecule has 1 atom stereocenters. The third-order valence-corrected chi connectivity index (χ3v) is 4.10. The summed E-state index contributed by atoms with van der Waals surface area (Å²) in [6.07, 6.45) is 4.22. The van der Waals surface area contributed by atoms with Gasteiger partial charge in [-0.1, -0.05) is 32.4 Å². The van der Waals surface area contributed by atoms with Crippen LogP contribution in [0.15, 0.2) is 6.33 Å². The van der Waals surface area contributed by atoms with E-state index in [0.29, 0.717) is 17.0 Å². The topological polar surface area (TPSA) is 41.1 Å². The molecule has 0 amide bonds. The van der Waals surface area contributed by atoms with Crippen molar-refractivity contribution in [1.82, 2.24) is 14.9 Å². The van der Waals surface area contributed by atoms with Crippen LogP contribution >= 0.6 is 11.6 Å². The van der Waals surface area contributed by atoms with E-state index in [1.54, 1.807) is 0 Å². The quantitative estimate of drug-likeness (QED) is 0.817. The van der Waals surface area contributed by atoms with Crippen molar-refractivity contribution in [3.8, 4) is 0 Å². The first-order chi connectivity index (χ1) is 9.58. The lowest BCUT2D eigenvalue weighted by atomic mass is 10.1. The molecule has 5 heteroatoms. The Morgan fingerprint density at radius 2 is 1.95 bits per heavy atom. The van der Waals surface area contributed by atoms with Gasteiger partial charge >= 0.3 is 0 Å². The zero-order valence-corrected chi connectivity index (χ0v) is 13.5. The van der Waals surface area contributed by atoms with E-state index >= 15 is 0 Å². The van der Waals surface area contributed by atoms with Crippen molar-refractivity contribution in [2.75, 3.05) is 31.5 Å². The normalized spacial score (nSPS) is 17.6. The molecule has 4 nitrogen and oxygen atoms in total. The molecule has 1 aromatic rings. The van der Waals surface area contributed by atoms with Crippen LogP contribution in [0.25, 0.3) is 0 Å². The molecule has 0 spiro atoms. The van der Waals surface area contributed by atoms with Crippen LogP contribution in [0.5, 0.6) is 0 Å². The van der Waals surface area contributed by atoms with Gasteiger partial charge in [0.2, 0.25) is 0 Å². The summed E-state index contributed by atoms with van der Waals surface area (Å²) in [6.45, 7) is 11.1. The first-order valence-electron chi connectivity index (χ1n) is 7.54. The number of likely N-dealkylation sites (tertiary alicyclic amines) is 1. The number of nitrogens with zero attached hydrogens (tertiary/aromatic N) is 3. The highest BCUT2D eigenvalue weighted by molar-refractivity contribution is 6.30. The highest BCUT2D eigenvalue weighted by Gasteiger charge is 2.16. The molecule has 1 saturated heterocycles. The number of hydrogen-bond donors (Lipinski definition) is 1. The molecule has 1 aliphatic rings. The van der Waals surface area contributed by atoms with E-state index in [1.165, 1.54) is 32.3 Å². The summed E-state index contributed by atoms with van der Waals surface area (Å²) in [7, 11) is 0. The van der Waals surface area contributed by atoms with Gasteiger partial charge in [-0.05, 0) is 37.8 Å². The van der Waals surface area contributed by atoms with Crippen molar-refractivity contribution >= 4 is 17.4 Å². The SMILES string of the molecule is CC(CNc1ncnc(Cl)c1C(C)C)CN1CCCC1. The summed E-state index contributed by atoms with van der Waals surface area (Å²) in [5.41, 5.74) is 1.02. The van der Waals surface area contributed by atoms with Crippen LogP contribution in [0.4, 0.5) is 5.82 Å². The molecule has 0 aromatic carbocycles. The van der Waals surface area contributed by atoms with Gasteiger partial charge in [0.1, 0.15) is 17.3 Å². The minimum absolute atomic E-state index is 0.320. The smallest absolute Gasteiger partial charge is 0.138 e. The Bertz CT molecular complexity index is 430. The monoisotopic (exact) mass is 296 g/mol. The maximum absolute atomic E-state index is 6.18. The van der Waals surface area contributed by atoms with E-state index in [0.717, 1.165) is 24.5 Å². The van der Waals surface area contributed by atoms with Crippen LogP contribution in [-0.2, 0) is 0 Å². The number of aromatic nitrogens is 2. The van der Waals surface area contributed by atoms with E-state index in [2.05, 4.69) is 41.0 Å². The molecule has 1 N–H and O–H groups in total. The minimum atomic E-state index is 0.320. The zero-order chi connectivity index (χ0) is 14.5. The van der Waals surface area contributed by atoms with Crippen molar-refractivity contribution < 1.29 is 0 Å². The van der Waals surface area contributed by atoms with Crippen molar-refractivity contribution in [2.45, 2.75) is 39.5 Å². The van der Waals surface area contributed by atoms with Gasteiger partial charge in [0.25, 0.3) is 0 Å². The van der Waals surface area contributed by atoms with E-state index in [9.17, 15) is 0 Å². The second-order valence-corrected chi connectivity index (χ2v) is 6.43. The van der Waals surface area contributed by atoms with Crippen LogP contribution in [0.3, 0.4) is 0 Å². The van der Waals surface area contributed by atoms with Crippen LogP contribution in [0.2, 0.25) is 5.15 Å². The second-order valence-electron chi connectivity index (χ2n) is 6.08. The Kier molecular flexibility index (Phi) is 5.61. The Labute approximate surface area is 126 Å². The maximum Gasteiger partial charge on any atom is 0.138 e. The van der Waals surface area contributed by atoms with Gasteiger partial charge < -0.3 is 10.2 Å². The standard InChI is InChI=1S/C15H25ClN4/c1-11(2)13-14(16)18-10-19-15(13)17-8-12(3)9-20-6-4-5-7-20/h10-12H,4-9H2,1-3H3,(H,17,18,19). The van der Waals surface area contributed by atoms with Crippen molar-refractivity contribution in [3.05, 3.63) is 17.0 Å². The Balaban J connectivity index is 1.91. The molecule has 0 saturated carbocycles. The Hall–Kier alpha value is -0.870. The van der Waals surface area contributed by atoms with Crippen molar-refractivity contribution in [2.24, 2.45) is 5.92 Å². The van der Waals surface area contributed by atoms with Gasteiger partial charge in [-0.15, -0.1) is 0 Å². The Morgan fingerprint density at radius 1 is 1.25 bits per heavy atom. The molecule has 0 radical (unpaired) electrons. The predicted molar refractivity (Wildman–Crippen MR) is 84.5 cm³/mol. The lowest BCUT2D eigenvalue weighted by Crippen LogP contribution is -2.29. The summed E-state index contributed by atoms with van der Waals surface area (Å²) < 4.78 is 0. The van der Waals surface area contributed by atoms with Crippen LogP contribution < -0.4 is 5.32 Å². The number of nitrogens with one attached hydrogen (secondary N) is 1. The molecule has 0 bridgehead atoms. The molecular formula is C15H25ClN4. The first-order valence-corrected chi connectivity index (χ1v) is 7.92. The Morgan fingerprint density at radius 3 is 2.60 bits per heavy atom. The lowest BCUT2D eigenvalue weighted by Gasteiger charge is -2.21. The molecule has 1 unspecified atom stereocenters. The summed E-state index contributed by atoms with van der Waals surface area (Å²) in [4.78, 5) is 11.0. The maximum atomic E-state index is 6.18. The fourth-order valence-electron chi connectivity index (χ4n) is 2.77. The van der Waals surface area contributed by atoms with Crippen LogP contribution in [0, 0.1) is 5.92 Å². The average Bonchev–Trinajstić information content (AvgIpc) is 2.88. The summed E-state index contributed by atoms with van der Waals surface area (Å²) >= 11 is 6.18. The minimum Gasteiger partial charge on any atom is -0.369 e. The highest BCUT2D eigenvalue weighted by atomic mass is 35.5. The molecule has 20 heavy (non-hydrogen) atoms. The number of anilines is 1. The molecule has 112 valence electrons. The molecule has 0 aliphatic carbocycles. The highest BCUT2D eigenvalue weighted by Crippen LogP contribution is 2.28. The van der Waals surface area contributed by atoms with Gasteiger partial charge in [0, 0.05) is 18.7 Å². The van der Waals surface area contributed by atoms with Gasteiger partial charge in [0.15, 0.2) is 0 Å². The van der Waals surface area contributed by atoms with E-state index in [4.69, 9.17) is 11.6 Å². The fourth-order valence-corrected chi connectivity index (χ4v) is 3.12. The van der Waals surface area contributed by atoms with E-state index in [1.807, 2.05) is 0 Å². The summed E-state index contributed by atoms with van der Waals surface area (Å²) in [5, 5.41) is 4.01. The van der Waals surface area contributed by atoms with Gasteiger partial charge in [-0.3, -0.25) is 0 Å². The largest absolute Gasteiger partial charge is 0.369 e. The molecule has 1 fully saturated rings. The van der Waals surface area contributed by atoms with E-state index in [-0.39, 0.29) is 0 Å². The molecule has 2 rings (SSSR count). The van der Waals surface area contributed by atoms with Crippen molar-refractivity contribution in [3.63, 3.8) is 0 Å². The molecule has 1 aliphatic heterocycles. The average molecular weight is 297 g/mol. The number of rotatable bonds is 6. The lowest BCUT2D eigenvalue weighted by molar-refractivity contribution is 0.294. The van der Waals surface area contributed by atoms with Gasteiger partial charge in [0.05, 0.1) is 0 Å².